The average Bonchev–Trinajstić information content (AvgIpc) is 3.10. The van der Waals surface area contributed by atoms with Gasteiger partial charge in [0.1, 0.15) is 22.6 Å². The zero-order valence-corrected chi connectivity index (χ0v) is 15.2. The molecule has 4 rings (SSSR count). The Bertz CT molecular complexity index is 967. The van der Waals surface area contributed by atoms with Crippen molar-refractivity contribution in [1.82, 2.24) is 14.6 Å². The minimum Gasteiger partial charge on any atom is -0.495 e. The second kappa shape index (κ2) is 7.19. The minimum absolute atomic E-state index is 0.273. The first-order chi connectivity index (χ1) is 12.7. The highest BCUT2D eigenvalue weighted by atomic mass is 32.2. The van der Waals surface area contributed by atoms with Crippen LogP contribution in [0, 0.1) is 5.82 Å². The molecule has 0 amide bonds. The molecule has 5 nitrogen and oxygen atoms in total. The van der Waals surface area contributed by atoms with Crippen molar-refractivity contribution in [2.24, 2.45) is 0 Å². The van der Waals surface area contributed by atoms with Gasteiger partial charge >= 0.3 is 0 Å². The van der Waals surface area contributed by atoms with Gasteiger partial charge < -0.3 is 15.0 Å². The van der Waals surface area contributed by atoms with Gasteiger partial charge in [0.25, 0.3) is 0 Å². The Morgan fingerprint density at radius 1 is 1.15 bits per heavy atom. The maximum atomic E-state index is 13.4. The molecule has 3 aromatic rings. The lowest BCUT2D eigenvalue weighted by molar-refractivity contribution is 0.374. The fraction of sp³-hybridized carbons (Fsp3) is 0.263. The molecule has 1 aliphatic heterocycles. The van der Waals surface area contributed by atoms with Crippen molar-refractivity contribution in [3.8, 4) is 16.9 Å². The summed E-state index contributed by atoms with van der Waals surface area (Å²) in [5, 5.41) is 4.20. The van der Waals surface area contributed by atoms with E-state index >= 15 is 0 Å². The number of ether oxygens (including phenoxy) is 1. The zero-order valence-electron chi connectivity index (χ0n) is 14.4. The first-order valence-corrected chi connectivity index (χ1v) is 9.60. The summed E-state index contributed by atoms with van der Waals surface area (Å²) in [6.45, 7) is 3.15. The lowest BCUT2D eigenvalue weighted by atomic mass is 10.0. The first kappa shape index (κ1) is 17.2. The molecule has 7 heteroatoms. The third-order valence-corrected chi connectivity index (χ3v) is 6.16. The minimum atomic E-state index is -1.26. The molecular weight excluding hydrogens is 353 g/mol. The van der Waals surface area contributed by atoms with Gasteiger partial charge in [-0.05, 0) is 35.9 Å². The molecule has 1 saturated heterocycles. The Kier molecular flexibility index (Phi) is 4.76. The molecule has 1 unspecified atom stereocenters. The molecule has 2 aromatic carbocycles. The summed E-state index contributed by atoms with van der Waals surface area (Å²) in [5.41, 5.74) is 2.63. The number of nitrogens with one attached hydrogen (secondary N) is 2. The van der Waals surface area contributed by atoms with E-state index in [4.69, 9.17) is 4.74 Å². The summed E-state index contributed by atoms with van der Waals surface area (Å²) in [5.74, 6) is 0.320. The summed E-state index contributed by atoms with van der Waals surface area (Å²) in [6, 6.07) is 10.4. The summed E-state index contributed by atoms with van der Waals surface area (Å²) in [6.07, 6.45) is 1.85. The molecule has 0 saturated carbocycles. The number of rotatable bonds is 4. The molecule has 2 N–H and O–H groups in total. The number of piperazine rings is 1. The highest BCUT2D eigenvalue weighted by Gasteiger charge is 2.21. The van der Waals surface area contributed by atoms with Crippen LogP contribution in [0.1, 0.15) is 0 Å². The molecule has 26 heavy (non-hydrogen) atoms. The number of benzene rings is 2. The summed E-state index contributed by atoms with van der Waals surface area (Å²) in [4.78, 5) is 3.77. The Morgan fingerprint density at radius 3 is 2.73 bits per heavy atom. The predicted octanol–water partition coefficient (Wildman–Crippen LogP) is 2.91. The number of halogens is 1. The monoisotopic (exact) mass is 373 g/mol. The van der Waals surface area contributed by atoms with Crippen LogP contribution in [0.2, 0.25) is 0 Å². The lowest BCUT2D eigenvalue weighted by Crippen LogP contribution is -2.44. The van der Waals surface area contributed by atoms with Crippen LogP contribution < -0.4 is 10.1 Å². The van der Waals surface area contributed by atoms with Crippen molar-refractivity contribution in [3.05, 3.63) is 48.4 Å². The highest BCUT2D eigenvalue weighted by Crippen LogP contribution is 2.34. The SMILES string of the molecule is COc1cc(-c2c[nH]c3cc(F)ccc23)ccc1S(=O)N1CCNCC1. The van der Waals surface area contributed by atoms with Crippen molar-refractivity contribution >= 4 is 21.9 Å². The first-order valence-electron chi connectivity index (χ1n) is 8.50. The van der Waals surface area contributed by atoms with Crippen molar-refractivity contribution < 1.29 is 13.3 Å². The van der Waals surface area contributed by atoms with E-state index in [0.29, 0.717) is 10.6 Å². The Morgan fingerprint density at radius 2 is 1.96 bits per heavy atom. The summed E-state index contributed by atoms with van der Waals surface area (Å²) < 4.78 is 33.8. The van der Waals surface area contributed by atoms with Gasteiger partial charge in [0.2, 0.25) is 0 Å². The van der Waals surface area contributed by atoms with Crippen LogP contribution in [0.5, 0.6) is 5.75 Å². The molecule has 0 aliphatic carbocycles. The van der Waals surface area contributed by atoms with Gasteiger partial charge in [-0.15, -0.1) is 0 Å². The number of methoxy groups -OCH3 is 1. The summed E-state index contributed by atoms with van der Waals surface area (Å²) in [7, 11) is 0.330. The van der Waals surface area contributed by atoms with Crippen LogP contribution in [0.4, 0.5) is 4.39 Å². The van der Waals surface area contributed by atoms with Crippen LogP contribution in [0.3, 0.4) is 0 Å². The standard InChI is InChI=1S/C19H20FN3O2S/c1-25-18-10-13(16-12-22-17-11-14(20)3-4-15(16)17)2-5-19(18)26(24)23-8-6-21-7-9-23/h2-5,10-12,21-22H,6-9H2,1H3. The van der Waals surface area contributed by atoms with E-state index in [2.05, 4.69) is 10.3 Å². The fourth-order valence-electron chi connectivity index (χ4n) is 3.27. The predicted molar refractivity (Wildman–Crippen MR) is 101 cm³/mol. The molecule has 0 spiro atoms. The van der Waals surface area contributed by atoms with E-state index in [1.54, 1.807) is 13.2 Å². The third kappa shape index (κ3) is 3.13. The smallest absolute Gasteiger partial charge is 0.136 e. The topological polar surface area (TPSA) is 57.4 Å². The maximum Gasteiger partial charge on any atom is 0.136 e. The van der Waals surface area contributed by atoms with Crippen molar-refractivity contribution in [3.63, 3.8) is 0 Å². The van der Waals surface area contributed by atoms with E-state index in [1.165, 1.54) is 12.1 Å². The van der Waals surface area contributed by atoms with Crippen LogP contribution in [0.25, 0.3) is 22.0 Å². The Hall–Kier alpha value is -2.22. The molecule has 1 atom stereocenters. The normalized spacial score (nSPS) is 16.7. The van der Waals surface area contributed by atoms with E-state index in [9.17, 15) is 8.60 Å². The van der Waals surface area contributed by atoms with Gasteiger partial charge in [-0.1, -0.05) is 6.07 Å². The number of fused-ring (bicyclic) bond motifs is 1. The van der Waals surface area contributed by atoms with Crippen molar-refractivity contribution in [2.75, 3.05) is 33.3 Å². The molecule has 1 fully saturated rings. The Labute approximate surface area is 153 Å². The van der Waals surface area contributed by atoms with E-state index in [1.807, 2.05) is 28.7 Å². The summed E-state index contributed by atoms with van der Waals surface area (Å²) >= 11 is 0. The van der Waals surface area contributed by atoms with Gasteiger partial charge in [-0.25, -0.2) is 12.9 Å². The third-order valence-electron chi connectivity index (χ3n) is 4.62. The van der Waals surface area contributed by atoms with Crippen molar-refractivity contribution in [2.45, 2.75) is 4.90 Å². The quantitative estimate of drug-likeness (QED) is 0.739. The number of aromatic amines is 1. The molecule has 136 valence electrons. The van der Waals surface area contributed by atoms with Crippen LogP contribution >= 0.6 is 0 Å². The average molecular weight is 373 g/mol. The van der Waals surface area contributed by atoms with Gasteiger partial charge in [0.15, 0.2) is 0 Å². The van der Waals surface area contributed by atoms with Gasteiger partial charge in [0, 0.05) is 48.8 Å². The molecule has 0 radical (unpaired) electrons. The van der Waals surface area contributed by atoms with Gasteiger partial charge in [-0.3, -0.25) is 0 Å². The second-order valence-electron chi connectivity index (χ2n) is 6.19. The van der Waals surface area contributed by atoms with Gasteiger partial charge in [0.05, 0.1) is 12.0 Å². The fourth-order valence-corrected chi connectivity index (χ4v) is 4.56. The van der Waals surface area contributed by atoms with E-state index in [0.717, 1.165) is 48.2 Å². The largest absolute Gasteiger partial charge is 0.495 e. The number of hydrogen-bond donors (Lipinski definition) is 2. The Balaban J connectivity index is 1.71. The zero-order chi connectivity index (χ0) is 18.1. The number of aromatic nitrogens is 1. The van der Waals surface area contributed by atoms with Crippen LogP contribution in [-0.4, -0.2) is 46.8 Å². The van der Waals surface area contributed by atoms with Crippen LogP contribution in [-0.2, 0) is 11.0 Å². The number of hydrogen-bond acceptors (Lipinski definition) is 3. The van der Waals surface area contributed by atoms with Gasteiger partial charge in [-0.2, -0.15) is 0 Å². The molecule has 1 aliphatic rings. The highest BCUT2D eigenvalue weighted by molar-refractivity contribution is 7.82. The number of nitrogens with zero attached hydrogens (tertiary/aromatic N) is 1. The molecule has 0 bridgehead atoms. The number of H-pyrrole nitrogens is 1. The van der Waals surface area contributed by atoms with E-state index < -0.39 is 11.0 Å². The molecular formula is C19H20FN3O2S. The molecule has 1 aromatic heterocycles. The molecule has 2 heterocycles. The second-order valence-corrected chi connectivity index (χ2v) is 7.64. The van der Waals surface area contributed by atoms with Crippen molar-refractivity contribution in [1.29, 1.82) is 0 Å². The lowest BCUT2D eigenvalue weighted by Gasteiger charge is -2.26. The van der Waals surface area contributed by atoms with Crippen LogP contribution in [0.15, 0.2) is 47.5 Å². The van der Waals surface area contributed by atoms with E-state index in [-0.39, 0.29) is 5.82 Å². The maximum absolute atomic E-state index is 13.4.